The van der Waals surface area contributed by atoms with Crippen molar-refractivity contribution in [3.63, 3.8) is 0 Å². The van der Waals surface area contributed by atoms with Gasteiger partial charge in [0, 0.05) is 19.6 Å². The molecule has 120 valence electrons. The lowest BCUT2D eigenvalue weighted by Crippen LogP contribution is -2.43. The summed E-state index contributed by atoms with van der Waals surface area (Å²) in [5.74, 6) is -1.08. The van der Waals surface area contributed by atoms with Gasteiger partial charge in [0.05, 0.1) is 11.5 Å². The van der Waals surface area contributed by atoms with Crippen molar-refractivity contribution in [2.75, 3.05) is 13.2 Å². The van der Waals surface area contributed by atoms with Crippen LogP contribution in [0, 0.1) is 5.41 Å². The van der Waals surface area contributed by atoms with Crippen LogP contribution < -0.4 is 5.32 Å². The van der Waals surface area contributed by atoms with Crippen LogP contribution in [0.5, 0.6) is 0 Å². The molecule has 0 aromatic heterocycles. The summed E-state index contributed by atoms with van der Waals surface area (Å²) in [7, 11) is 0. The summed E-state index contributed by atoms with van der Waals surface area (Å²) in [6.07, 6.45) is 1.89. The van der Waals surface area contributed by atoms with E-state index in [-0.39, 0.29) is 18.4 Å². The lowest BCUT2D eigenvalue weighted by Gasteiger charge is -2.37. The Labute approximate surface area is 130 Å². The summed E-state index contributed by atoms with van der Waals surface area (Å²) in [4.78, 5) is 23.4. The Morgan fingerprint density at radius 2 is 2.00 bits per heavy atom. The summed E-state index contributed by atoms with van der Waals surface area (Å²) >= 11 is 0. The van der Waals surface area contributed by atoms with Gasteiger partial charge in [-0.05, 0) is 25.3 Å². The molecule has 0 radical (unpaired) electrons. The molecule has 2 N–H and O–H groups in total. The molecule has 1 saturated carbocycles. The number of hydrogen-bond acceptors (Lipinski definition) is 3. The van der Waals surface area contributed by atoms with Crippen molar-refractivity contribution in [2.45, 2.75) is 38.7 Å². The van der Waals surface area contributed by atoms with Crippen LogP contribution in [0.3, 0.4) is 0 Å². The van der Waals surface area contributed by atoms with E-state index < -0.39 is 11.4 Å². The van der Waals surface area contributed by atoms with Gasteiger partial charge >= 0.3 is 5.97 Å². The monoisotopic (exact) mass is 305 g/mol. The molecule has 0 heterocycles. The van der Waals surface area contributed by atoms with Gasteiger partial charge in [-0.25, -0.2) is 0 Å². The number of carbonyl (C=O) groups is 2. The zero-order chi connectivity index (χ0) is 16.0. The molecule has 1 unspecified atom stereocenters. The van der Waals surface area contributed by atoms with Crippen molar-refractivity contribution in [3.8, 4) is 0 Å². The third-order valence-electron chi connectivity index (χ3n) is 4.29. The van der Waals surface area contributed by atoms with Crippen LogP contribution in [0.15, 0.2) is 30.3 Å². The van der Waals surface area contributed by atoms with E-state index in [2.05, 4.69) is 5.32 Å². The van der Waals surface area contributed by atoms with Gasteiger partial charge < -0.3 is 15.2 Å². The highest BCUT2D eigenvalue weighted by Crippen LogP contribution is 2.44. The van der Waals surface area contributed by atoms with Crippen molar-refractivity contribution >= 4 is 11.9 Å². The maximum absolute atomic E-state index is 12.1. The molecule has 1 atom stereocenters. The van der Waals surface area contributed by atoms with Gasteiger partial charge in [-0.2, -0.15) is 0 Å². The van der Waals surface area contributed by atoms with Crippen molar-refractivity contribution in [2.24, 2.45) is 5.41 Å². The minimum absolute atomic E-state index is 0.0516. The van der Waals surface area contributed by atoms with Crippen LogP contribution in [-0.4, -0.2) is 30.1 Å². The number of rotatable bonds is 8. The zero-order valence-electron chi connectivity index (χ0n) is 12.9. The number of carboxylic acid groups (broad SMARTS) is 1. The molecule has 2 rings (SSSR count). The highest BCUT2D eigenvalue weighted by molar-refractivity contribution is 5.85. The third-order valence-corrected chi connectivity index (χ3v) is 4.29. The Hall–Kier alpha value is -1.88. The first-order valence-corrected chi connectivity index (χ1v) is 7.74. The van der Waals surface area contributed by atoms with Crippen LogP contribution in [0.25, 0.3) is 0 Å². The first-order chi connectivity index (χ1) is 10.6. The van der Waals surface area contributed by atoms with E-state index in [0.29, 0.717) is 26.0 Å². The lowest BCUT2D eigenvalue weighted by atomic mass is 9.66. The summed E-state index contributed by atoms with van der Waals surface area (Å²) in [5, 5.41) is 12.1. The first-order valence-electron chi connectivity index (χ1n) is 7.74. The van der Waals surface area contributed by atoms with Crippen LogP contribution in [0.4, 0.5) is 0 Å². The molecule has 1 aromatic carbocycles. The lowest BCUT2D eigenvalue weighted by molar-refractivity contribution is -0.157. The van der Waals surface area contributed by atoms with E-state index in [9.17, 15) is 14.7 Å². The number of aliphatic carboxylic acids is 1. The number of amides is 1. The Kier molecular flexibility index (Phi) is 5.55. The number of hydrogen-bond donors (Lipinski definition) is 2. The average molecular weight is 305 g/mol. The van der Waals surface area contributed by atoms with E-state index >= 15 is 0 Å². The summed E-state index contributed by atoms with van der Waals surface area (Å²) in [6.45, 7) is 2.81. The number of ether oxygens (including phenoxy) is 1. The minimum Gasteiger partial charge on any atom is -0.481 e. The average Bonchev–Trinajstić information content (AvgIpc) is 2.47. The molecule has 0 bridgehead atoms. The van der Waals surface area contributed by atoms with Crippen molar-refractivity contribution in [3.05, 3.63) is 35.9 Å². The van der Waals surface area contributed by atoms with Crippen LogP contribution in [0.1, 0.15) is 44.3 Å². The number of nitrogens with one attached hydrogen (secondary N) is 1. The molecule has 1 aromatic rings. The predicted molar refractivity (Wildman–Crippen MR) is 82.4 cm³/mol. The molecule has 0 spiro atoms. The molecule has 1 fully saturated rings. The highest BCUT2D eigenvalue weighted by atomic mass is 16.5. The molecule has 1 aliphatic carbocycles. The second-order valence-corrected chi connectivity index (χ2v) is 5.77. The second kappa shape index (κ2) is 7.40. The topological polar surface area (TPSA) is 75.6 Å². The normalized spacial score (nSPS) is 17.3. The smallest absolute Gasteiger partial charge is 0.310 e. The number of carbonyl (C=O) groups excluding carboxylic acids is 1. The van der Waals surface area contributed by atoms with Gasteiger partial charge in [0.15, 0.2) is 0 Å². The summed E-state index contributed by atoms with van der Waals surface area (Å²) in [6, 6.07) is 9.69. The van der Waals surface area contributed by atoms with Gasteiger partial charge in [-0.1, -0.05) is 36.8 Å². The highest BCUT2D eigenvalue weighted by Gasteiger charge is 2.45. The fraction of sp³-hybridized carbons (Fsp3) is 0.529. The molecule has 22 heavy (non-hydrogen) atoms. The van der Waals surface area contributed by atoms with Crippen molar-refractivity contribution < 1.29 is 19.4 Å². The Bertz CT molecular complexity index is 511. The van der Waals surface area contributed by atoms with Crippen LogP contribution in [-0.2, 0) is 14.3 Å². The summed E-state index contributed by atoms with van der Waals surface area (Å²) in [5.41, 5.74) is 0.152. The molecule has 1 aliphatic rings. The zero-order valence-corrected chi connectivity index (χ0v) is 12.9. The molecule has 5 heteroatoms. The largest absolute Gasteiger partial charge is 0.481 e. The van der Waals surface area contributed by atoms with E-state index in [1.165, 1.54) is 0 Å². The quantitative estimate of drug-likeness (QED) is 0.774. The minimum atomic E-state index is -0.863. The maximum atomic E-state index is 12.1. The Balaban J connectivity index is 1.89. The van der Waals surface area contributed by atoms with Gasteiger partial charge in [-0.15, -0.1) is 0 Å². The summed E-state index contributed by atoms with van der Waals surface area (Å²) < 4.78 is 5.67. The third kappa shape index (κ3) is 3.85. The predicted octanol–water partition coefficient (Wildman–Crippen LogP) is 2.53. The number of benzene rings is 1. The Morgan fingerprint density at radius 1 is 1.32 bits per heavy atom. The molecular formula is C17H23NO4. The van der Waals surface area contributed by atoms with Crippen LogP contribution >= 0.6 is 0 Å². The van der Waals surface area contributed by atoms with Gasteiger partial charge in [0.25, 0.3) is 0 Å². The molecule has 5 nitrogen and oxygen atoms in total. The van der Waals surface area contributed by atoms with E-state index in [0.717, 1.165) is 12.0 Å². The molecule has 0 saturated heterocycles. The van der Waals surface area contributed by atoms with Gasteiger partial charge in [0.2, 0.25) is 5.91 Å². The van der Waals surface area contributed by atoms with Crippen molar-refractivity contribution in [1.82, 2.24) is 5.32 Å². The standard InChI is InChI=1S/C17H23NO4/c1-2-22-14(13-7-4-3-5-8-13)12-18-15(19)11-17(16(20)21)9-6-10-17/h3-5,7-8,14H,2,6,9-12H2,1H3,(H,18,19)(H,20,21). The van der Waals surface area contributed by atoms with E-state index in [4.69, 9.17) is 4.74 Å². The maximum Gasteiger partial charge on any atom is 0.310 e. The van der Waals surface area contributed by atoms with E-state index in [1.54, 1.807) is 0 Å². The molecule has 0 aliphatic heterocycles. The first kappa shape index (κ1) is 16.5. The SMILES string of the molecule is CCOC(CNC(=O)CC1(C(=O)O)CCC1)c1ccccc1. The van der Waals surface area contributed by atoms with E-state index in [1.807, 2.05) is 37.3 Å². The van der Waals surface area contributed by atoms with Crippen molar-refractivity contribution in [1.29, 1.82) is 0 Å². The fourth-order valence-corrected chi connectivity index (χ4v) is 2.79. The van der Waals surface area contributed by atoms with Gasteiger partial charge in [-0.3, -0.25) is 9.59 Å². The van der Waals surface area contributed by atoms with Crippen LogP contribution in [0.2, 0.25) is 0 Å². The molecular weight excluding hydrogens is 282 g/mol. The number of carboxylic acids is 1. The molecule has 1 amide bonds. The Morgan fingerprint density at radius 3 is 2.50 bits per heavy atom. The second-order valence-electron chi connectivity index (χ2n) is 5.77. The van der Waals surface area contributed by atoms with Gasteiger partial charge in [0.1, 0.15) is 0 Å². The fourth-order valence-electron chi connectivity index (χ4n) is 2.79.